The zero-order valence-corrected chi connectivity index (χ0v) is 14.3. The number of nitriles is 1. The highest BCUT2D eigenvalue weighted by Crippen LogP contribution is 2.52. The van der Waals surface area contributed by atoms with Gasteiger partial charge in [0.25, 0.3) is 0 Å². The highest BCUT2D eigenvalue weighted by Gasteiger charge is 2.56. The number of likely N-dealkylation sites (N-methyl/N-ethyl adjacent to an activating group) is 1. The van der Waals surface area contributed by atoms with E-state index in [1.807, 2.05) is 6.07 Å². The zero-order chi connectivity index (χ0) is 16.8. The first kappa shape index (κ1) is 16.7. The van der Waals surface area contributed by atoms with Crippen LogP contribution in [0, 0.1) is 22.7 Å². The number of alkyl halides is 1. The Morgan fingerprint density at radius 3 is 2.87 bits per heavy atom. The number of fused-ring (bicyclic) bond motifs is 2. The number of hydrogen-bond acceptors (Lipinski definition) is 4. The maximum absolute atomic E-state index is 13.5. The molecule has 2 aliphatic heterocycles. The summed E-state index contributed by atoms with van der Waals surface area (Å²) in [6.07, 6.45) is 1.30. The van der Waals surface area contributed by atoms with Crippen molar-refractivity contribution in [2.75, 3.05) is 33.2 Å². The third kappa shape index (κ3) is 2.74. The first-order valence-electron chi connectivity index (χ1n) is 8.56. The van der Waals surface area contributed by atoms with Gasteiger partial charge in [0, 0.05) is 25.0 Å². The van der Waals surface area contributed by atoms with E-state index in [9.17, 15) is 9.18 Å². The van der Waals surface area contributed by atoms with Crippen LogP contribution in [0.3, 0.4) is 0 Å². The van der Waals surface area contributed by atoms with Crippen LogP contribution in [-0.4, -0.2) is 66.7 Å². The van der Waals surface area contributed by atoms with Crippen molar-refractivity contribution < 1.29 is 9.18 Å². The van der Waals surface area contributed by atoms with Crippen LogP contribution in [0.25, 0.3) is 0 Å². The lowest BCUT2D eigenvalue weighted by Crippen LogP contribution is -2.63. The Bertz CT molecular complexity index is 535. The molecular formula is C17H27FN4O. The summed E-state index contributed by atoms with van der Waals surface area (Å²) in [7, 11) is 2.13. The first-order chi connectivity index (χ1) is 10.8. The molecule has 1 aliphatic carbocycles. The molecule has 1 amide bonds. The largest absolute Gasteiger partial charge is 0.323 e. The van der Waals surface area contributed by atoms with E-state index in [-0.39, 0.29) is 36.4 Å². The third-order valence-corrected chi connectivity index (χ3v) is 6.51. The van der Waals surface area contributed by atoms with Crippen molar-refractivity contribution >= 4 is 5.91 Å². The van der Waals surface area contributed by atoms with Gasteiger partial charge < -0.3 is 15.1 Å². The average Bonchev–Trinajstić information content (AvgIpc) is 2.93. The molecule has 2 saturated heterocycles. The van der Waals surface area contributed by atoms with Gasteiger partial charge in [-0.15, -0.1) is 0 Å². The molecule has 2 bridgehead atoms. The summed E-state index contributed by atoms with van der Waals surface area (Å²) in [5, 5.41) is 12.6. The molecule has 1 saturated carbocycles. The van der Waals surface area contributed by atoms with Crippen molar-refractivity contribution in [1.29, 1.82) is 5.26 Å². The monoisotopic (exact) mass is 322 g/mol. The number of carbonyl (C=O) groups excluding carboxylic acids is 1. The fourth-order valence-corrected chi connectivity index (χ4v) is 5.03. The van der Waals surface area contributed by atoms with Crippen molar-refractivity contribution in [1.82, 2.24) is 15.1 Å². The van der Waals surface area contributed by atoms with Crippen molar-refractivity contribution in [2.45, 2.75) is 50.9 Å². The maximum atomic E-state index is 13.5. The minimum absolute atomic E-state index is 0.0472. The van der Waals surface area contributed by atoms with Gasteiger partial charge in [-0.25, -0.2) is 4.39 Å². The molecule has 6 heteroatoms. The standard InChI is InChI=1S/C17H27FN4O/c1-12-16(2)4-5-17(12,11-21(3)10-16)20-8-15(23)22-9-13(18)6-14(22)7-19/h12-14,20H,4-6,8-11H2,1-3H3/t12?,13-,14+,16+,17+/m1/s1. The van der Waals surface area contributed by atoms with Crippen molar-refractivity contribution in [3.63, 3.8) is 0 Å². The third-order valence-electron chi connectivity index (χ3n) is 6.51. The molecule has 128 valence electrons. The summed E-state index contributed by atoms with van der Waals surface area (Å²) >= 11 is 0. The second-order valence-electron chi connectivity index (χ2n) is 8.08. The van der Waals surface area contributed by atoms with Gasteiger partial charge in [0.05, 0.1) is 19.2 Å². The molecule has 5 nitrogen and oxygen atoms in total. The van der Waals surface area contributed by atoms with Crippen LogP contribution in [0.2, 0.25) is 0 Å². The first-order valence-corrected chi connectivity index (χ1v) is 8.56. The van der Waals surface area contributed by atoms with Crippen molar-refractivity contribution in [3.05, 3.63) is 0 Å². The molecule has 1 N–H and O–H groups in total. The fraction of sp³-hybridized carbons (Fsp3) is 0.882. The second-order valence-corrected chi connectivity index (χ2v) is 8.08. The summed E-state index contributed by atoms with van der Waals surface area (Å²) in [4.78, 5) is 16.2. The van der Waals surface area contributed by atoms with Crippen LogP contribution in [0.5, 0.6) is 0 Å². The summed E-state index contributed by atoms with van der Waals surface area (Å²) in [6.45, 7) is 6.89. The second kappa shape index (κ2) is 5.71. The molecule has 0 radical (unpaired) electrons. The highest BCUT2D eigenvalue weighted by molar-refractivity contribution is 5.79. The Morgan fingerprint density at radius 1 is 1.43 bits per heavy atom. The van der Waals surface area contributed by atoms with E-state index in [2.05, 4.69) is 31.1 Å². The van der Waals surface area contributed by atoms with Gasteiger partial charge in [0.2, 0.25) is 5.91 Å². The Labute approximate surface area is 137 Å². The summed E-state index contributed by atoms with van der Waals surface area (Å²) in [5.74, 6) is 0.346. The van der Waals surface area contributed by atoms with Crippen molar-refractivity contribution in [2.24, 2.45) is 11.3 Å². The predicted octanol–water partition coefficient (Wildman–Crippen LogP) is 1.16. The van der Waals surface area contributed by atoms with Crippen LogP contribution < -0.4 is 5.32 Å². The topological polar surface area (TPSA) is 59.4 Å². The zero-order valence-electron chi connectivity index (χ0n) is 14.3. The van der Waals surface area contributed by atoms with Gasteiger partial charge >= 0.3 is 0 Å². The molecule has 3 fully saturated rings. The Balaban J connectivity index is 1.66. The maximum Gasteiger partial charge on any atom is 0.237 e. The number of piperidine rings is 1. The highest BCUT2D eigenvalue weighted by atomic mass is 19.1. The van der Waals surface area contributed by atoms with E-state index in [0.717, 1.165) is 25.9 Å². The molecule has 23 heavy (non-hydrogen) atoms. The molecule has 5 atom stereocenters. The SMILES string of the molecule is CC1[C@@]2(C)CC[C@]1(NCC(=O)N1C[C@H](F)C[C@H]1C#N)CN(C)C2. The minimum atomic E-state index is -1.07. The van der Waals surface area contributed by atoms with Gasteiger partial charge in [0.15, 0.2) is 0 Å². The number of amides is 1. The molecule has 2 heterocycles. The molecule has 3 rings (SSSR count). The van der Waals surface area contributed by atoms with E-state index in [0.29, 0.717) is 5.92 Å². The Hall–Kier alpha value is -1.19. The van der Waals surface area contributed by atoms with E-state index in [1.165, 1.54) is 4.90 Å². The predicted molar refractivity (Wildman–Crippen MR) is 85.4 cm³/mol. The number of likely N-dealkylation sites (tertiary alicyclic amines) is 2. The molecule has 0 spiro atoms. The molecule has 0 aromatic carbocycles. The van der Waals surface area contributed by atoms with Crippen molar-refractivity contribution in [3.8, 4) is 6.07 Å². The van der Waals surface area contributed by atoms with E-state index in [1.54, 1.807) is 0 Å². The van der Waals surface area contributed by atoms with Crippen LogP contribution >= 0.6 is 0 Å². The molecule has 3 aliphatic rings. The number of rotatable bonds is 3. The molecular weight excluding hydrogens is 295 g/mol. The number of halogens is 1. The number of nitrogens with zero attached hydrogens (tertiary/aromatic N) is 3. The van der Waals surface area contributed by atoms with Gasteiger partial charge in [-0.2, -0.15) is 5.26 Å². The van der Waals surface area contributed by atoms with Gasteiger partial charge in [-0.05, 0) is 31.2 Å². The summed E-state index contributed by atoms with van der Waals surface area (Å²) < 4.78 is 13.5. The van der Waals surface area contributed by atoms with Crippen LogP contribution in [-0.2, 0) is 4.79 Å². The van der Waals surface area contributed by atoms with E-state index < -0.39 is 12.2 Å². The Morgan fingerprint density at radius 2 is 2.17 bits per heavy atom. The van der Waals surface area contributed by atoms with E-state index in [4.69, 9.17) is 5.26 Å². The lowest BCUT2D eigenvalue weighted by Gasteiger charge is -2.49. The molecule has 0 aromatic rings. The lowest BCUT2D eigenvalue weighted by atomic mass is 9.71. The number of hydrogen-bond donors (Lipinski definition) is 1. The summed E-state index contributed by atoms with van der Waals surface area (Å²) in [5.41, 5.74) is 0.240. The summed E-state index contributed by atoms with van der Waals surface area (Å²) in [6, 6.07) is 1.43. The van der Waals surface area contributed by atoms with E-state index >= 15 is 0 Å². The van der Waals surface area contributed by atoms with Gasteiger partial charge in [-0.3, -0.25) is 4.79 Å². The lowest BCUT2D eigenvalue weighted by molar-refractivity contribution is -0.131. The van der Waals surface area contributed by atoms with Gasteiger partial charge in [0.1, 0.15) is 12.2 Å². The number of carbonyl (C=O) groups is 1. The van der Waals surface area contributed by atoms with Crippen LogP contribution in [0.4, 0.5) is 4.39 Å². The molecule has 1 unspecified atom stereocenters. The average molecular weight is 322 g/mol. The quantitative estimate of drug-likeness (QED) is 0.847. The minimum Gasteiger partial charge on any atom is -0.323 e. The van der Waals surface area contributed by atoms with Crippen LogP contribution in [0.15, 0.2) is 0 Å². The smallest absolute Gasteiger partial charge is 0.237 e. The molecule has 0 aromatic heterocycles. The Kier molecular flexibility index (Phi) is 4.14. The van der Waals surface area contributed by atoms with Gasteiger partial charge in [-0.1, -0.05) is 13.8 Å². The number of nitrogens with one attached hydrogen (secondary N) is 1. The van der Waals surface area contributed by atoms with Crippen LogP contribution in [0.1, 0.15) is 33.1 Å². The normalized spacial score (nSPS) is 43.6. The fourth-order valence-electron chi connectivity index (χ4n) is 5.03.